The number of pyridine rings is 1. The summed E-state index contributed by atoms with van der Waals surface area (Å²) in [6.45, 7) is 0. The van der Waals surface area contributed by atoms with Crippen LogP contribution in [0.2, 0.25) is 0 Å². The van der Waals surface area contributed by atoms with Crippen LogP contribution in [-0.2, 0) is 10.0 Å². The third-order valence-corrected chi connectivity index (χ3v) is 1.53. The van der Waals surface area contributed by atoms with Crippen LogP contribution in [0.4, 0.5) is 5.82 Å². The fourth-order valence-corrected chi connectivity index (χ4v) is 1.11. The molecule has 1 rings (SSSR count). The summed E-state index contributed by atoms with van der Waals surface area (Å²) in [5, 5.41) is 0. The van der Waals surface area contributed by atoms with Crippen molar-refractivity contribution in [1.82, 2.24) is 4.98 Å². The second kappa shape index (κ2) is 4.27. The normalized spacial score (nSPS) is 10.1. The van der Waals surface area contributed by atoms with Crippen molar-refractivity contribution >= 4 is 28.2 Å². The van der Waals surface area contributed by atoms with E-state index < -0.39 is 10.0 Å². The van der Waals surface area contributed by atoms with Crippen molar-refractivity contribution in [3.63, 3.8) is 0 Å². The van der Waals surface area contributed by atoms with E-state index in [2.05, 4.69) is 9.71 Å². The highest BCUT2D eigenvalue weighted by molar-refractivity contribution is 7.92. The first-order chi connectivity index (χ1) is 5.08. The van der Waals surface area contributed by atoms with Gasteiger partial charge in [-0.05, 0) is 12.1 Å². The van der Waals surface area contributed by atoms with E-state index in [1.807, 2.05) is 0 Å². The van der Waals surface area contributed by atoms with Crippen LogP contribution in [0, 0.1) is 0 Å². The second-order valence-electron chi connectivity index (χ2n) is 2.09. The van der Waals surface area contributed by atoms with E-state index in [0.29, 0.717) is 5.82 Å². The molecule has 1 aromatic heterocycles. The van der Waals surface area contributed by atoms with E-state index in [1.54, 1.807) is 18.2 Å². The number of hydrogen-bond acceptors (Lipinski definition) is 3. The van der Waals surface area contributed by atoms with E-state index in [9.17, 15) is 8.42 Å². The third kappa shape index (κ3) is 4.15. The number of hydrogen-bond donors (Lipinski definition) is 1. The average molecular weight is 209 g/mol. The molecule has 0 radical (unpaired) electrons. The number of aromatic nitrogens is 1. The maximum absolute atomic E-state index is 10.6. The van der Waals surface area contributed by atoms with Crippen LogP contribution in [0.1, 0.15) is 0 Å². The third-order valence-electron chi connectivity index (χ3n) is 0.955. The molecule has 68 valence electrons. The molecule has 0 aliphatic rings. The molecule has 0 unspecified atom stereocenters. The van der Waals surface area contributed by atoms with Crippen LogP contribution in [-0.4, -0.2) is 19.7 Å². The zero-order valence-corrected chi connectivity index (χ0v) is 8.02. The first-order valence-corrected chi connectivity index (χ1v) is 4.86. The van der Waals surface area contributed by atoms with Crippen LogP contribution < -0.4 is 4.72 Å². The van der Waals surface area contributed by atoms with Gasteiger partial charge in [-0.25, -0.2) is 13.4 Å². The van der Waals surface area contributed by atoms with Gasteiger partial charge in [0.2, 0.25) is 10.0 Å². The smallest absolute Gasteiger partial charge is 0.230 e. The summed E-state index contributed by atoms with van der Waals surface area (Å²) in [6.07, 6.45) is 2.61. The van der Waals surface area contributed by atoms with Crippen LogP contribution >= 0.6 is 12.4 Å². The standard InChI is InChI=1S/C6H8N2O2S.ClH/c1-11(9,10)8-6-4-2-3-5-7-6;/h2-5H,1H3,(H,7,8);1H. The first kappa shape index (κ1) is 11.2. The SMILES string of the molecule is CS(=O)(=O)Nc1ccccn1.Cl. The maximum atomic E-state index is 10.6. The van der Waals surface area contributed by atoms with E-state index in [-0.39, 0.29) is 12.4 Å². The molecule has 0 aromatic carbocycles. The van der Waals surface area contributed by atoms with E-state index >= 15 is 0 Å². The highest BCUT2D eigenvalue weighted by Crippen LogP contribution is 2.00. The number of sulfonamides is 1. The molecule has 0 bridgehead atoms. The van der Waals surface area contributed by atoms with E-state index in [4.69, 9.17) is 0 Å². The number of rotatable bonds is 2. The Labute approximate surface area is 77.5 Å². The molecule has 0 fully saturated rings. The number of halogens is 1. The summed E-state index contributed by atoms with van der Waals surface area (Å²) in [5.41, 5.74) is 0. The quantitative estimate of drug-likeness (QED) is 0.785. The Balaban J connectivity index is 0.00000121. The molecule has 1 aromatic rings. The van der Waals surface area contributed by atoms with Gasteiger partial charge in [0.25, 0.3) is 0 Å². The molecule has 0 atom stereocenters. The van der Waals surface area contributed by atoms with E-state index in [0.717, 1.165) is 6.26 Å². The van der Waals surface area contributed by atoms with Gasteiger partial charge in [-0.2, -0.15) is 0 Å². The molecule has 0 amide bonds. The van der Waals surface area contributed by atoms with Crippen molar-refractivity contribution in [2.24, 2.45) is 0 Å². The molecule has 0 saturated heterocycles. The van der Waals surface area contributed by atoms with Gasteiger partial charge < -0.3 is 0 Å². The van der Waals surface area contributed by atoms with Gasteiger partial charge in [0, 0.05) is 6.20 Å². The molecule has 1 N–H and O–H groups in total. The van der Waals surface area contributed by atoms with Crippen molar-refractivity contribution in [3.8, 4) is 0 Å². The summed E-state index contributed by atoms with van der Waals surface area (Å²) in [4.78, 5) is 3.77. The summed E-state index contributed by atoms with van der Waals surface area (Å²) in [5.74, 6) is 0.343. The zero-order valence-electron chi connectivity index (χ0n) is 6.39. The highest BCUT2D eigenvalue weighted by atomic mass is 35.5. The predicted molar refractivity (Wildman–Crippen MR) is 50.0 cm³/mol. The van der Waals surface area contributed by atoms with Crippen molar-refractivity contribution in [2.45, 2.75) is 0 Å². The monoisotopic (exact) mass is 208 g/mol. The average Bonchev–Trinajstić information content (AvgIpc) is 1.85. The largest absolute Gasteiger partial charge is 0.268 e. The van der Waals surface area contributed by atoms with Crippen molar-refractivity contribution in [2.75, 3.05) is 11.0 Å². The van der Waals surface area contributed by atoms with Crippen LogP contribution in [0.25, 0.3) is 0 Å². The fraction of sp³-hybridized carbons (Fsp3) is 0.167. The Hall–Kier alpha value is -0.810. The van der Waals surface area contributed by atoms with Crippen LogP contribution in [0.15, 0.2) is 24.4 Å². The number of nitrogens with one attached hydrogen (secondary N) is 1. The minimum Gasteiger partial charge on any atom is -0.268 e. The minimum atomic E-state index is -3.19. The Morgan fingerprint density at radius 2 is 2.08 bits per heavy atom. The van der Waals surface area contributed by atoms with Gasteiger partial charge >= 0.3 is 0 Å². The summed E-state index contributed by atoms with van der Waals surface area (Å²) in [7, 11) is -3.19. The number of anilines is 1. The van der Waals surface area contributed by atoms with Gasteiger partial charge in [0.05, 0.1) is 6.26 Å². The molecular weight excluding hydrogens is 200 g/mol. The van der Waals surface area contributed by atoms with Crippen molar-refractivity contribution in [1.29, 1.82) is 0 Å². The lowest BCUT2D eigenvalue weighted by atomic mass is 10.5. The predicted octanol–water partition coefficient (Wildman–Crippen LogP) is 0.875. The molecule has 6 heteroatoms. The molecular formula is C6H9ClN2O2S. The lowest BCUT2D eigenvalue weighted by Gasteiger charge is -1.99. The maximum Gasteiger partial charge on any atom is 0.230 e. The molecule has 12 heavy (non-hydrogen) atoms. The first-order valence-electron chi connectivity index (χ1n) is 2.97. The van der Waals surface area contributed by atoms with Crippen molar-refractivity contribution < 1.29 is 8.42 Å². The molecule has 0 saturated carbocycles. The summed E-state index contributed by atoms with van der Waals surface area (Å²) < 4.78 is 23.5. The number of nitrogens with zero attached hydrogens (tertiary/aromatic N) is 1. The Bertz CT molecular complexity index is 325. The molecule has 0 aliphatic heterocycles. The minimum absolute atomic E-state index is 0. The Kier molecular flexibility index (Phi) is 3.99. The Morgan fingerprint density at radius 1 is 1.42 bits per heavy atom. The van der Waals surface area contributed by atoms with Crippen LogP contribution in [0.5, 0.6) is 0 Å². The molecule has 0 aliphatic carbocycles. The van der Waals surface area contributed by atoms with E-state index in [1.165, 1.54) is 6.20 Å². The van der Waals surface area contributed by atoms with Gasteiger partial charge in [-0.1, -0.05) is 6.07 Å². The van der Waals surface area contributed by atoms with Gasteiger partial charge in [0.15, 0.2) is 0 Å². The molecule has 1 heterocycles. The van der Waals surface area contributed by atoms with Gasteiger partial charge in [0.1, 0.15) is 5.82 Å². The lowest BCUT2D eigenvalue weighted by Crippen LogP contribution is -2.10. The zero-order chi connectivity index (χ0) is 8.32. The Morgan fingerprint density at radius 3 is 2.50 bits per heavy atom. The van der Waals surface area contributed by atoms with Crippen LogP contribution in [0.3, 0.4) is 0 Å². The van der Waals surface area contributed by atoms with Gasteiger partial charge in [-0.3, -0.25) is 4.72 Å². The highest BCUT2D eigenvalue weighted by Gasteiger charge is 1.99. The summed E-state index contributed by atoms with van der Waals surface area (Å²) in [6, 6.07) is 5.01. The summed E-state index contributed by atoms with van der Waals surface area (Å²) >= 11 is 0. The lowest BCUT2D eigenvalue weighted by molar-refractivity contribution is 0.606. The van der Waals surface area contributed by atoms with Crippen molar-refractivity contribution in [3.05, 3.63) is 24.4 Å². The topological polar surface area (TPSA) is 59.1 Å². The molecule has 4 nitrogen and oxygen atoms in total. The van der Waals surface area contributed by atoms with Gasteiger partial charge in [-0.15, -0.1) is 12.4 Å². The molecule has 0 spiro atoms. The fourth-order valence-electron chi connectivity index (χ4n) is 0.613. The second-order valence-corrected chi connectivity index (χ2v) is 3.84.